The Hall–Kier alpha value is -1.06. The van der Waals surface area contributed by atoms with Gasteiger partial charge in [-0.05, 0) is 26.2 Å². The molecule has 0 radical (unpaired) electrons. The van der Waals surface area contributed by atoms with Crippen LogP contribution < -0.4 is 0 Å². The van der Waals surface area contributed by atoms with Crippen molar-refractivity contribution in [1.82, 2.24) is 0 Å². The molecule has 0 aliphatic heterocycles. The third-order valence-electron chi connectivity index (χ3n) is 5.68. The molecule has 22 heavy (non-hydrogen) atoms. The van der Waals surface area contributed by atoms with Crippen molar-refractivity contribution in [3.63, 3.8) is 0 Å². The molecule has 2 unspecified atom stereocenters. The standard InChI is InChI=1S/C18H32O4/c1-3-4-5-6-7-8-9-13-18(16(21)22)14-11-10-12-17(18,2)15(19)20/h3-14H2,1-2H3,(H,19,20)(H,21,22). The molecule has 0 aromatic rings. The molecule has 0 aromatic carbocycles. The molecule has 1 rings (SSSR count). The second-order valence-electron chi connectivity index (χ2n) is 7.10. The van der Waals surface area contributed by atoms with Gasteiger partial charge in [0, 0.05) is 0 Å². The quantitative estimate of drug-likeness (QED) is 0.565. The molecule has 0 heterocycles. The maximum Gasteiger partial charge on any atom is 0.310 e. The van der Waals surface area contributed by atoms with E-state index in [9.17, 15) is 19.8 Å². The van der Waals surface area contributed by atoms with Gasteiger partial charge in [0.25, 0.3) is 0 Å². The maximum absolute atomic E-state index is 11.9. The molecule has 128 valence electrons. The van der Waals surface area contributed by atoms with Crippen LogP contribution in [-0.2, 0) is 9.59 Å². The van der Waals surface area contributed by atoms with Crippen molar-refractivity contribution in [1.29, 1.82) is 0 Å². The smallest absolute Gasteiger partial charge is 0.310 e. The summed E-state index contributed by atoms with van der Waals surface area (Å²) in [5.74, 6) is -1.86. The van der Waals surface area contributed by atoms with Crippen LogP contribution in [0.2, 0.25) is 0 Å². The molecule has 1 aliphatic rings. The zero-order valence-electron chi connectivity index (χ0n) is 14.2. The fourth-order valence-corrected chi connectivity index (χ4v) is 3.97. The SMILES string of the molecule is CCCCCCCCCC1(C(=O)O)CCCCC1(C)C(=O)O. The van der Waals surface area contributed by atoms with E-state index in [1.54, 1.807) is 6.92 Å². The lowest BCUT2D eigenvalue weighted by Crippen LogP contribution is -2.52. The Kier molecular flexibility index (Phi) is 7.37. The van der Waals surface area contributed by atoms with Crippen LogP contribution in [0.25, 0.3) is 0 Å². The summed E-state index contributed by atoms with van der Waals surface area (Å²) in [5, 5.41) is 19.4. The molecule has 0 amide bonds. The minimum Gasteiger partial charge on any atom is -0.481 e. The summed E-state index contributed by atoms with van der Waals surface area (Å²) in [4.78, 5) is 23.7. The number of hydrogen-bond acceptors (Lipinski definition) is 2. The van der Waals surface area contributed by atoms with Crippen LogP contribution in [0.3, 0.4) is 0 Å². The van der Waals surface area contributed by atoms with Gasteiger partial charge in [-0.25, -0.2) is 0 Å². The molecular weight excluding hydrogens is 280 g/mol. The van der Waals surface area contributed by atoms with Crippen LogP contribution in [0, 0.1) is 10.8 Å². The first kappa shape index (κ1) is 19.0. The van der Waals surface area contributed by atoms with Crippen molar-refractivity contribution >= 4 is 11.9 Å². The first-order chi connectivity index (χ1) is 10.4. The van der Waals surface area contributed by atoms with E-state index in [1.807, 2.05) is 0 Å². The molecule has 4 nitrogen and oxygen atoms in total. The molecule has 0 saturated heterocycles. The predicted molar refractivity (Wildman–Crippen MR) is 86.9 cm³/mol. The highest BCUT2D eigenvalue weighted by molar-refractivity contribution is 5.86. The van der Waals surface area contributed by atoms with E-state index in [0.29, 0.717) is 19.3 Å². The fourth-order valence-electron chi connectivity index (χ4n) is 3.97. The van der Waals surface area contributed by atoms with Crippen LogP contribution >= 0.6 is 0 Å². The lowest BCUT2D eigenvalue weighted by atomic mass is 9.55. The van der Waals surface area contributed by atoms with Crippen LogP contribution in [0.5, 0.6) is 0 Å². The zero-order chi connectivity index (χ0) is 16.6. The Labute approximate surface area is 134 Å². The molecule has 4 heteroatoms. The highest BCUT2D eigenvalue weighted by Gasteiger charge is 2.58. The van der Waals surface area contributed by atoms with E-state index in [0.717, 1.165) is 32.1 Å². The van der Waals surface area contributed by atoms with Gasteiger partial charge in [-0.15, -0.1) is 0 Å². The van der Waals surface area contributed by atoms with Gasteiger partial charge < -0.3 is 10.2 Å². The summed E-state index contributed by atoms with van der Waals surface area (Å²) >= 11 is 0. The molecule has 1 saturated carbocycles. The van der Waals surface area contributed by atoms with Crippen LogP contribution in [0.4, 0.5) is 0 Å². The molecule has 0 spiro atoms. The third kappa shape index (κ3) is 4.02. The van der Waals surface area contributed by atoms with E-state index in [1.165, 1.54) is 25.7 Å². The lowest BCUT2D eigenvalue weighted by molar-refractivity contribution is -0.179. The number of carbonyl (C=O) groups is 2. The van der Waals surface area contributed by atoms with Gasteiger partial charge in [0.05, 0.1) is 10.8 Å². The van der Waals surface area contributed by atoms with Crippen LogP contribution in [-0.4, -0.2) is 22.2 Å². The van der Waals surface area contributed by atoms with Crippen LogP contribution in [0.15, 0.2) is 0 Å². The van der Waals surface area contributed by atoms with Gasteiger partial charge in [0.2, 0.25) is 0 Å². The minimum absolute atomic E-state index is 0.477. The fraction of sp³-hybridized carbons (Fsp3) is 0.889. The normalized spacial score (nSPS) is 28.5. The van der Waals surface area contributed by atoms with E-state index in [-0.39, 0.29) is 0 Å². The largest absolute Gasteiger partial charge is 0.481 e. The van der Waals surface area contributed by atoms with Crippen molar-refractivity contribution in [2.75, 3.05) is 0 Å². The van der Waals surface area contributed by atoms with E-state index in [2.05, 4.69) is 6.92 Å². The zero-order valence-corrected chi connectivity index (χ0v) is 14.2. The Morgan fingerprint density at radius 3 is 1.95 bits per heavy atom. The number of carboxylic acid groups (broad SMARTS) is 2. The van der Waals surface area contributed by atoms with Crippen molar-refractivity contribution in [2.24, 2.45) is 10.8 Å². The first-order valence-corrected chi connectivity index (χ1v) is 8.87. The van der Waals surface area contributed by atoms with E-state index in [4.69, 9.17) is 0 Å². The molecule has 0 bridgehead atoms. The van der Waals surface area contributed by atoms with Crippen molar-refractivity contribution < 1.29 is 19.8 Å². The predicted octanol–water partition coefficient (Wildman–Crippen LogP) is 4.86. The average molecular weight is 312 g/mol. The number of rotatable bonds is 10. The topological polar surface area (TPSA) is 74.6 Å². The average Bonchev–Trinajstić information content (AvgIpc) is 2.47. The number of hydrogen-bond donors (Lipinski definition) is 2. The highest BCUT2D eigenvalue weighted by atomic mass is 16.4. The molecule has 0 aromatic heterocycles. The summed E-state index contributed by atoms with van der Waals surface area (Å²) in [5.41, 5.74) is -2.21. The molecule has 1 aliphatic carbocycles. The Morgan fingerprint density at radius 1 is 0.864 bits per heavy atom. The van der Waals surface area contributed by atoms with Gasteiger partial charge in [0.1, 0.15) is 0 Å². The monoisotopic (exact) mass is 312 g/mol. The van der Waals surface area contributed by atoms with Gasteiger partial charge in [-0.2, -0.15) is 0 Å². The minimum atomic E-state index is -1.13. The van der Waals surface area contributed by atoms with Crippen molar-refractivity contribution in [2.45, 2.75) is 90.9 Å². The highest BCUT2D eigenvalue weighted by Crippen LogP contribution is 2.54. The Bertz CT molecular complexity index is 379. The van der Waals surface area contributed by atoms with E-state index >= 15 is 0 Å². The molecule has 2 atom stereocenters. The van der Waals surface area contributed by atoms with Gasteiger partial charge in [-0.1, -0.05) is 64.7 Å². The molecule has 1 fully saturated rings. The summed E-state index contributed by atoms with van der Waals surface area (Å²) in [6.07, 6.45) is 11.0. The number of unbranched alkanes of at least 4 members (excludes halogenated alkanes) is 6. The second-order valence-corrected chi connectivity index (χ2v) is 7.10. The summed E-state index contributed by atoms with van der Waals surface area (Å²) in [7, 11) is 0. The summed E-state index contributed by atoms with van der Waals surface area (Å²) in [6.45, 7) is 3.83. The van der Waals surface area contributed by atoms with Crippen molar-refractivity contribution in [3.8, 4) is 0 Å². The number of aliphatic carboxylic acids is 2. The Balaban J connectivity index is 2.62. The van der Waals surface area contributed by atoms with Gasteiger partial charge >= 0.3 is 11.9 Å². The second kappa shape index (κ2) is 8.54. The van der Waals surface area contributed by atoms with Crippen LogP contribution in [0.1, 0.15) is 90.9 Å². The third-order valence-corrected chi connectivity index (χ3v) is 5.68. The summed E-state index contributed by atoms with van der Waals surface area (Å²) in [6, 6.07) is 0. The summed E-state index contributed by atoms with van der Waals surface area (Å²) < 4.78 is 0. The van der Waals surface area contributed by atoms with Gasteiger partial charge in [-0.3, -0.25) is 9.59 Å². The van der Waals surface area contributed by atoms with E-state index < -0.39 is 22.8 Å². The lowest BCUT2D eigenvalue weighted by Gasteiger charge is -2.46. The number of carboxylic acids is 2. The van der Waals surface area contributed by atoms with Crippen molar-refractivity contribution in [3.05, 3.63) is 0 Å². The Morgan fingerprint density at radius 2 is 1.41 bits per heavy atom. The molecule has 2 N–H and O–H groups in total. The maximum atomic E-state index is 11.9. The van der Waals surface area contributed by atoms with Gasteiger partial charge in [0.15, 0.2) is 0 Å². The molecular formula is C18H32O4. The first-order valence-electron chi connectivity index (χ1n) is 8.87.